The van der Waals surface area contributed by atoms with Crippen molar-refractivity contribution < 1.29 is 14.4 Å². The molecule has 1 heterocycles. The molecule has 166 valence electrons. The van der Waals surface area contributed by atoms with E-state index in [4.69, 9.17) is 11.6 Å². The summed E-state index contributed by atoms with van der Waals surface area (Å²) >= 11 is 5.81. The topological polar surface area (TPSA) is 91.4 Å². The van der Waals surface area contributed by atoms with E-state index >= 15 is 0 Å². The summed E-state index contributed by atoms with van der Waals surface area (Å²) in [6, 6.07) is 9.97. The van der Waals surface area contributed by atoms with Gasteiger partial charge in [0.05, 0.1) is 16.3 Å². The smallest absolute Gasteiger partial charge is 0.258 e. The highest BCUT2D eigenvalue weighted by Gasteiger charge is 2.15. The Morgan fingerprint density at radius 2 is 1.68 bits per heavy atom. The lowest BCUT2D eigenvalue weighted by atomic mass is 10.1. The highest BCUT2D eigenvalue weighted by atomic mass is 35.5. The average molecular weight is 445 g/mol. The van der Waals surface area contributed by atoms with Crippen molar-refractivity contribution in [3.63, 3.8) is 0 Å². The fourth-order valence-electron chi connectivity index (χ4n) is 3.10. The Labute approximate surface area is 188 Å². The Balaban J connectivity index is 1.91. The van der Waals surface area contributed by atoms with Gasteiger partial charge < -0.3 is 15.5 Å². The molecule has 7 nitrogen and oxygen atoms in total. The molecule has 0 unspecified atom stereocenters. The maximum atomic E-state index is 12.6. The minimum atomic E-state index is -0.393. The monoisotopic (exact) mass is 444 g/mol. The third kappa shape index (κ3) is 8.02. The van der Waals surface area contributed by atoms with E-state index in [0.29, 0.717) is 34.9 Å². The third-order valence-corrected chi connectivity index (χ3v) is 4.77. The van der Waals surface area contributed by atoms with Crippen LogP contribution in [0.2, 0.25) is 5.02 Å². The van der Waals surface area contributed by atoms with Gasteiger partial charge in [-0.3, -0.25) is 14.4 Å². The number of aromatic nitrogens is 1. The van der Waals surface area contributed by atoms with Crippen molar-refractivity contribution in [2.45, 2.75) is 46.0 Å². The summed E-state index contributed by atoms with van der Waals surface area (Å²) in [6.07, 6.45) is 4.25. The molecule has 1 aromatic heterocycles. The van der Waals surface area contributed by atoms with E-state index in [-0.39, 0.29) is 18.2 Å². The van der Waals surface area contributed by atoms with Crippen LogP contribution in [-0.4, -0.2) is 40.7 Å². The van der Waals surface area contributed by atoms with E-state index in [1.807, 2.05) is 18.7 Å². The van der Waals surface area contributed by atoms with Crippen LogP contribution in [0.25, 0.3) is 0 Å². The molecule has 2 N–H and O–H groups in total. The van der Waals surface area contributed by atoms with Crippen molar-refractivity contribution in [2.75, 3.05) is 23.7 Å². The third-order valence-electron chi connectivity index (χ3n) is 4.55. The molecule has 0 fully saturated rings. The number of nitrogens with zero attached hydrogens (tertiary/aromatic N) is 2. The molecule has 31 heavy (non-hydrogen) atoms. The van der Waals surface area contributed by atoms with Crippen molar-refractivity contribution >= 4 is 40.8 Å². The number of nitrogens with one attached hydrogen (secondary N) is 2. The number of para-hydroxylation sites is 1. The van der Waals surface area contributed by atoms with E-state index < -0.39 is 5.91 Å². The highest BCUT2D eigenvalue weighted by molar-refractivity contribution is 6.30. The van der Waals surface area contributed by atoms with E-state index in [1.54, 1.807) is 36.4 Å². The summed E-state index contributed by atoms with van der Waals surface area (Å²) in [6.45, 7) is 5.56. The fourth-order valence-corrected chi connectivity index (χ4v) is 3.21. The number of carbonyl (C=O) groups excluding carboxylic acids is 3. The van der Waals surface area contributed by atoms with Gasteiger partial charge in [-0.25, -0.2) is 4.98 Å². The predicted molar refractivity (Wildman–Crippen MR) is 123 cm³/mol. The van der Waals surface area contributed by atoms with Crippen LogP contribution in [0.5, 0.6) is 0 Å². The highest BCUT2D eigenvalue weighted by Crippen LogP contribution is 2.18. The number of hydrogen-bond acceptors (Lipinski definition) is 4. The molecule has 0 aliphatic rings. The Morgan fingerprint density at radius 3 is 2.32 bits per heavy atom. The molecule has 0 saturated carbocycles. The van der Waals surface area contributed by atoms with Gasteiger partial charge in [-0.05, 0) is 43.5 Å². The molecule has 3 amide bonds. The summed E-state index contributed by atoms with van der Waals surface area (Å²) in [5, 5.41) is 5.93. The van der Waals surface area contributed by atoms with Crippen LogP contribution in [0.4, 0.5) is 11.5 Å². The standard InChI is InChI=1S/C23H29ClN4O3/c1-3-14-28(15-4-2)22(30)11-7-10-21(29)26-19-9-6-5-8-18(19)23(31)27-20-13-12-17(24)16-25-20/h5-6,8-9,12-13,16H,3-4,7,10-11,14-15H2,1-2H3,(H,26,29)(H,25,27,31). The van der Waals surface area contributed by atoms with E-state index in [9.17, 15) is 14.4 Å². The number of hydrogen-bond donors (Lipinski definition) is 2. The number of amides is 3. The van der Waals surface area contributed by atoms with Gasteiger partial charge in [0.25, 0.3) is 5.91 Å². The predicted octanol–water partition coefficient (Wildman–Crippen LogP) is 4.74. The zero-order valence-corrected chi connectivity index (χ0v) is 18.7. The Kier molecular flexibility index (Phi) is 9.97. The Bertz CT molecular complexity index is 881. The number of carbonyl (C=O) groups is 3. The van der Waals surface area contributed by atoms with E-state index in [1.165, 1.54) is 6.20 Å². The zero-order chi connectivity index (χ0) is 22.6. The van der Waals surface area contributed by atoms with Crippen molar-refractivity contribution in [3.05, 3.63) is 53.2 Å². The molecule has 8 heteroatoms. The molecule has 0 aliphatic carbocycles. The number of rotatable bonds is 11. The van der Waals surface area contributed by atoms with Gasteiger partial charge in [-0.1, -0.05) is 37.6 Å². The van der Waals surface area contributed by atoms with Gasteiger partial charge in [-0.15, -0.1) is 0 Å². The van der Waals surface area contributed by atoms with Crippen LogP contribution in [0.1, 0.15) is 56.3 Å². The molecule has 0 aliphatic heterocycles. The second-order valence-electron chi connectivity index (χ2n) is 7.14. The second-order valence-corrected chi connectivity index (χ2v) is 7.58. The van der Waals surface area contributed by atoms with Gasteiger partial charge in [0, 0.05) is 32.1 Å². The van der Waals surface area contributed by atoms with Crippen LogP contribution in [0, 0.1) is 0 Å². The number of pyridine rings is 1. The maximum absolute atomic E-state index is 12.6. The first-order chi connectivity index (χ1) is 14.9. The number of halogens is 1. The van der Waals surface area contributed by atoms with E-state index in [2.05, 4.69) is 15.6 Å². The lowest BCUT2D eigenvalue weighted by Crippen LogP contribution is -2.32. The van der Waals surface area contributed by atoms with Gasteiger partial charge in [0.2, 0.25) is 11.8 Å². The molecule has 1 aromatic carbocycles. The van der Waals surface area contributed by atoms with Crippen LogP contribution < -0.4 is 10.6 Å². The summed E-state index contributed by atoms with van der Waals surface area (Å²) in [5.74, 6) is -0.199. The number of benzene rings is 1. The second kappa shape index (κ2) is 12.7. The van der Waals surface area contributed by atoms with Gasteiger partial charge in [-0.2, -0.15) is 0 Å². The van der Waals surface area contributed by atoms with Crippen LogP contribution in [-0.2, 0) is 9.59 Å². The molecule has 0 atom stereocenters. The van der Waals surface area contributed by atoms with Crippen molar-refractivity contribution in [3.8, 4) is 0 Å². The normalized spacial score (nSPS) is 10.4. The van der Waals surface area contributed by atoms with Gasteiger partial charge in [0.15, 0.2) is 0 Å². The first kappa shape index (κ1) is 24.3. The molecular weight excluding hydrogens is 416 g/mol. The van der Waals surface area contributed by atoms with Gasteiger partial charge >= 0.3 is 0 Å². The first-order valence-electron chi connectivity index (χ1n) is 10.5. The summed E-state index contributed by atoms with van der Waals surface area (Å²) in [7, 11) is 0. The largest absolute Gasteiger partial charge is 0.343 e. The van der Waals surface area contributed by atoms with E-state index in [0.717, 1.165) is 25.9 Å². The van der Waals surface area contributed by atoms with Crippen LogP contribution >= 0.6 is 11.6 Å². The maximum Gasteiger partial charge on any atom is 0.258 e. The molecular formula is C23H29ClN4O3. The Morgan fingerprint density at radius 1 is 0.968 bits per heavy atom. The quantitative estimate of drug-likeness (QED) is 0.523. The zero-order valence-electron chi connectivity index (χ0n) is 18.0. The van der Waals surface area contributed by atoms with Crippen LogP contribution in [0.3, 0.4) is 0 Å². The SMILES string of the molecule is CCCN(CCC)C(=O)CCCC(=O)Nc1ccccc1C(=O)Nc1ccc(Cl)cn1. The van der Waals surface area contributed by atoms with Crippen molar-refractivity contribution in [1.29, 1.82) is 0 Å². The van der Waals surface area contributed by atoms with Crippen molar-refractivity contribution in [2.24, 2.45) is 0 Å². The lowest BCUT2D eigenvalue weighted by molar-refractivity contribution is -0.131. The first-order valence-corrected chi connectivity index (χ1v) is 10.9. The van der Waals surface area contributed by atoms with Gasteiger partial charge in [0.1, 0.15) is 5.82 Å². The molecule has 0 spiro atoms. The molecule has 0 radical (unpaired) electrons. The summed E-state index contributed by atoms with van der Waals surface area (Å²) in [4.78, 5) is 43.2. The lowest BCUT2D eigenvalue weighted by Gasteiger charge is -2.21. The molecule has 2 rings (SSSR count). The average Bonchev–Trinajstić information content (AvgIpc) is 2.75. The Hall–Kier alpha value is -2.93. The summed E-state index contributed by atoms with van der Waals surface area (Å²) < 4.78 is 0. The molecule has 2 aromatic rings. The molecule has 0 bridgehead atoms. The number of anilines is 2. The minimum Gasteiger partial charge on any atom is -0.343 e. The molecule has 0 saturated heterocycles. The fraction of sp³-hybridized carbons (Fsp3) is 0.391. The summed E-state index contributed by atoms with van der Waals surface area (Å²) in [5.41, 5.74) is 0.727. The van der Waals surface area contributed by atoms with Crippen molar-refractivity contribution in [1.82, 2.24) is 9.88 Å². The minimum absolute atomic E-state index is 0.0757. The van der Waals surface area contributed by atoms with Crippen LogP contribution in [0.15, 0.2) is 42.6 Å².